The van der Waals surface area contributed by atoms with E-state index in [0.29, 0.717) is 11.8 Å². The van der Waals surface area contributed by atoms with E-state index in [9.17, 15) is 0 Å². The van der Waals surface area contributed by atoms with Gasteiger partial charge >= 0.3 is 0 Å². The molecule has 0 nitrogen and oxygen atoms in total. The summed E-state index contributed by atoms with van der Waals surface area (Å²) in [5.74, 6) is 1.13. The minimum atomic E-state index is 0.461. The summed E-state index contributed by atoms with van der Waals surface area (Å²) in [5.41, 5.74) is 1.29. The number of hydrogen-bond donors (Lipinski definition) is 0. The third-order valence-corrected chi connectivity index (χ3v) is 5.46. The van der Waals surface area contributed by atoms with Gasteiger partial charge < -0.3 is 0 Å². The molecule has 0 amide bonds. The molecule has 1 atom stereocenters. The van der Waals surface area contributed by atoms with Crippen molar-refractivity contribution in [3.63, 3.8) is 0 Å². The largest absolute Gasteiger partial charge is 0.148 e. The molecule has 0 aliphatic carbocycles. The lowest BCUT2D eigenvalue weighted by atomic mass is 9.97. The Balaban J connectivity index is 2.01. The van der Waals surface area contributed by atoms with Gasteiger partial charge in [0.2, 0.25) is 0 Å². The second-order valence-electron chi connectivity index (χ2n) is 4.25. The number of hydrogen-bond acceptors (Lipinski definition) is 1. The molecule has 2 aromatic rings. The van der Waals surface area contributed by atoms with E-state index in [4.69, 9.17) is 23.2 Å². The van der Waals surface area contributed by atoms with Crippen molar-refractivity contribution in [1.82, 2.24) is 0 Å². The van der Waals surface area contributed by atoms with Gasteiger partial charge in [-0.15, -0.1) is 22.9 Å². The van der Waals surface area contributed by atoms with Gasteiger partial charge in [0.1, 0.15) is 0 Å². The van der Waals surface area contributed by atoms with E-state index in [0.717, 1.165) is 17.9 Å². The van der Waals surface area contributed by atoms with Crippen LogP contribution in [-0.2, 0) is 12.8 Å². The first-order chi connectivity index (χ1) is 8.69. The van der Waals surface area contributed by atoms with Gasteiger partial charge in [-0.05, 0) is 63.8 Å². The highest BCUT2D eigenvalue weighted by Crippen LogP contribution is 2.27. The average Bonchev–Trinajstić information content (AvgIpc) is 2.77. The first-order valence-electron chi connectivity index (χ1n) is 5.71. The second-order valence-corrected chi connectivity index (χ2v) is 6.85. The van der Waals surface area contributed by atoms with Crippen LogP contribution in [0.15, 0.2) is 40.2 Å². The molecule has 0 spiro atoms. The van der Waals surface area contributed by atoms with Crippen LogP contribution in [0.5, 0.6) is 0 Å². The Bertz CT molecular complexity index is 493. The summed E-state index contributed by atoms with van der Waals surface area (Å²) in [6.07, 6.45) is 2.01. The molecule has 1 aromatic heterocycles. The number of thiophene rings is 1. The van der Waals surface area contributed by atoms with Crippen molar-refractivity contribution in [2.24, 2.45) is 5.92 Å². The number of alkyl halides is 1. The summed E-state index contributed by atoms with van der Waals surface area (Å²) in [6, 6.07) is 10.1. The van der Waals surface area contributed by atoms with Gasteiger partial charge in [-0.3, -0.25) is 0 Å². The van der Waals surface area contributed by atoms with Gasteiger partial charge in [0.25, 0.3) is 0 Å². The first-order valence-corrected chi connectivity index (χ1v) is 8.30. The molecular formula is C14H13BrCl2S. The lowest BCUT2D eigenvalue weighted by Crippen LogP contribution is -2.09. The molecule has 1 heterocycles. The molecule has 0 saturated carbocycles. The Labute approximate surface area is 130 Å². The highest BCUT2D eigenvalue weighted by molar-refractivity contribution is 9.10. The van der Waals surface area contributed by atoms with Crippen molar-refractivity contribution in [2.45, 2.75) is 12.8 Å². The zero-order chi connectivity index (χ0) is 13.0. The monoisotopic (exact) mass is 362 g/mol. The first kappa shape index (κ1) is 14.4. The molecule has 1 unspecified atom stereocenters. The molecule has 0 aliphatic rings. The van der Waals surface area contributed by atoms with Crippen LogP contribution in [-0.4, -0.2) is 5.88 Å². The van der Waals surface area contributed by atoms with Gasteiger partial charge in [-0.1, -0.05) is 23.7 Å². The molecule has 0 N–H and O–H groups in total. The van der Waals surface area contributed by atoms with E-state index in [1.165, 1.54) is 14.9 Å². The number of rotatable bonds is 5. The third-order valence-electron chi connectivity index (χ3n) is 2.82. The molecule has 2 rings (SSSR count). The Kier molecular flexibility index (Phi) is 5.56. The predicted octanol–water partition coefficient (Wildman–Crippen LogP) is 5.80. The van der Waals surface area contributed by atoms with Crippen LogP contribution in [0.2, 0.25) is 5.02 Å². The fourth-order valence-corrected chi connectivity index (χ4v) is 3.84. The van der Waals surface area contributed by atoms with Gasteiger partial charge in [0.15, 0.2) is 0 Å². The highest BCUT2D eigenvalue weighted by atomic mass is 79.9. The predicted molar refractivity (Wildman–Crippen MR) is 85.1 cm³/mol. The van der Waals surface area contributed by atoms with Crippen LogP contribution in [0.3, 0.4) is 0 Å². The summed E-state index contributed by atoms with van der Waals surface area (Å²) >= 11 is 17.3. The van der Waals surface area contributed by atoms with Crippen molar-refractivity contribution in [1.29, 1.82) is 0 Å². The molecule has 0 bridgehead atoms. The normalized spacial score (nSPS) is 12.6. The lowest BCUT2D eigenvalue weighted by Gasteiger charge is -2.13. The SMILES string of the molecule is ClCC(Cc1ccc(Cl)cc1)Cc1sccc1Br. The lowest BCUT2D eigenvalue weighted by molar-refractivity contribution is 0.588. The summed E-state index contributed by atoms with van der Waals surface area (Å²) in [7, 11) is 0. The molecule has 96 valence electrons. The van der Waals surface area contributed by atoms with Gasteiger partial charge in [0.05, 0.1) is 0 Å². The van der Waals surface area contributed by atoms with E-state index in [-0.39, 0.29) is 0 Å². The summed E-state index contributed by atoms with van der Waals surface area (Å²) in [5, 5.41) is 2.88. The minimum absolute atomic E-state index is 0.461. The van der Waals surface area contributed by atoms with Crippen molar-refractivity contribution < 1.29 is 0 Å². The molecular weight excluding hydrogens is 351 g/mol. The van der Waals surface area contributed by atoms with Crippen molar-refractivity contribution in [3.05, 3.63) is 55.6 Å². The van der Waals surface area contributed by atoms with Crippen LogP contribution < -0.4 is 0 Å². The van der Waals surface area contributed by atoms with Crippen molar-refractivity contribution >= 4 is 50.5 Å². The second kappa shape index (κ2) is 6.95. The average molecular weight is 364 g/mol. The zero-order valence-corrected chi connectivity index (χ0v) is 13.6. The van der Waals surface area contributed by atoms with E-state index in [2.05, 4.69) is 39.5 Å². The quantitative estimate of drug-likeness (QED) is 0.588. The minimum Gasteiger partial charge on any atom is -0.148 e. The van der Waals surface area contributed by atoms with E-state index >= 15 is 0 Å². The zero-order valence-electron chi connectivity index (χ0n) is 9.70. The molecule has 0 fully saturated rings. The molecule has 18 heavy (non-hydrogen) atoms. The Morgan fingerprint density at radius 1 is 1.11 bits per heavy atom. The number of benzene rings is 1. The fraction of sp³-hybridized carbons (Fsp3) is 0.286. The van der Waals surface area contributed by atoms with Crippen LogP contribution in [0.1, 0.15) is 10.4 Å². The highest BCUT2D eigenvalue weighted by Gasteiger charge is 2.12. The Morgan fingerprint density at radius 3 is 2.39 bits per heavy atom. The van der Waals surface area contributed by atoms with Gasteiger partial charge in [-0.2, -0.15) is 0 Å². The van der Waals surface area contributed by atoms with Crippen LogP contribution in [0.25, 0.3) is 0 Å². The third kappa shape index (κ3) is 3.99. The maximum Gasteiger partial charge on any atom is 0.0406 e. The van der Waals surface area contributed by atoms with Crippen LogP contribution >= 0.6 is 50.5 Å². The van der Waals surface area contributed by atoms with Crippen LogP contribution in [0, 0.1) is 5.92 Å². The van der Waals surface area contributed by atoms with Crippen molar-refractivity contribution in [3.8, 4) is 0 Å². The van der Waals surface area contributed by atoms with E-state index in [1.54, 1.807) is 11.3 Å². The molecule has 0 saturated heterocycles. The molecule has 0 radical (unpaired) electrons. The smallest absolute Gasteiger partial charge is 0.0406 e. The van der Waals surface area contributed by atoms with Crippen molar-refractivity contribution in [2.75, 3.05) is 5.88 Å². The Morgan fingerprint density at radius 2 is 1.83 bits per heavy atom. The number of halogens is 3. The van der Waals surface area contributed by atoms with Crippen LogP contribution in [0.4, 0.5) is 0 Å². The molecule has 4 heteroatoms. The van der Waals surface area contributed by atoms with E-state index in [1.807, 2.05) is 12.1 Å². The molecule has 0 aliphatic heterocycles. The summed E-state index contributed by atoms with van der Waals surface area (Å²) in [4.78, 5) is 1.37. The van der Waals surface area contributed by atoms with E-state index < -0.39 is 0 Å². The van der Waals surface area contributed by atoms with Gasteiger partial charge in [0, 0.05) is 20.3 Å². The maximum atomic E-state index is 6.08. The standard InChI is InChI=1S/C14H13BrCl2S/c15-13-5-6-18-14(13)8-11(9-16)7-10-1-3-12(17)4-2-10/h1-6,11H,7-9H2. The molecule has 1 aromatic carbocycles. The summed E-state index contributed by atoms with van der Waals surface area (Å²) in [6.45, 7) is 0. The van der Waals surface area contributed by atoms with Gasteiger partial charge in [-0.25, -0.2) is 0 Å². The fourth-order valence-electron chi connectivity index (χ4n) is 1.87. The topological polar surface area (TPSA) is 0 Å². The Hall–Kier alpha value is -0.0200. The summed E-state index contributed by atoms with van der Waals surface area (Å²) < 4.78 is 1.19. The maximum absolute atomic E-state index is 6.08.